The molecule has 1 aliphatic carbocycles. The molecule has 1 heterocycles. The first kappa shape index (κ1) is 19.2. The van der Waals surface area contributed by atoms with Gasteiger partial charge in [0.05, 0.1) is 12.1 Å². The largest absolute Gasteiger partial charge is 0.335 e. The van der Waals surface area contributed by atoms with E-state index in [9.17, 15) is 10.1 Å². The first-order chi connectivity index (χ1) is 11.1. The van der Waals surface area contributed by atoms with Crippen LogP contribution in [-0.2, 0) is 4.79 Å². The van der Waals surface area contributed by atoms with Crippen LogP contribution in [0.3, 0.4) is 0 Å². The second-order valence-corrected chi connectivity index (χ2v) is 9.19. The second-order valence-electron chi connectivity index (χ2n) is 9.19. The molecule has 2 unspecified atom stereocenters. The van der Waals surface area contributed by atoms with Crippen molar-refractivity contribution in [3.63, 3.8) is 0 Å². The van der Waals surface area contributed by atoms with Gasteiger partial charge in [-0.3, -0.25) is 9.69 Å². The first-order valence-electron chi connectivity index (χ1n) is 9.37. The molecule has 5 nitrogen and oxygen atoms in total. The lowest BCUT2D eigenvalue weighted by Crippen LogP contribution is -2.55. The van der Waals surface area contributed by atoms with Crippen LogP contribution in [0.5, 0.6) is 0 Å². The van der Waals surface area contributed by atoms with Crippen LogP contribution in [0.2, 0.25) is 0 Å². The summed E-state index contributed by atoms with van der Waals surface area (Å²) in [5.74, 6) is 0.630. The van der Waals surface area contributed by atoms with Gasteiger partial charge in [-0.1, -0.05) is 27.7 Å². The number of nitrogens with one attached hydrogen (secondary N) is 1. The van der Waals surface area contributed by atoms with Gasteiger partial charge >= 0.3 is 0 Å². The Labute approximate surface area is 147 Å². The maximum Gasteiger partial charge on any atom is 0.238 e. The van der Waals surface area contributed by atoms with Gasteiger partial charge < -0.3 is 11.1 Å². The summed E-state index contributed by atoms with van der Waals surface area (Å²) >= 11 is 0. The molecule has 136 valence electrons. The summed E-state index contributed by atoms with van der Waals surface area (Å²) in [7, 11) is 0. The molecule has 24 heavy (non-hydrogen) atoms. The number of likely N-dealkylation sites (tertiary alicyclic amines) is 1. The monoisotopic (exact) mass is 334 g/mol. The van der Waals surface area contributed by atoms with Crippen molar-refractivity contribution >= 4 is 5.91 Å². The lowest BCUT2D eigenvalue weighted by atomic mass is 9.86. The molecule has 0 spiro atoms. The quantitative estimate of drug-likeness (QED) is 0.827. The fraction of sp³-hybridized carbons (Fsp3) is 0.895. The van der Waals surface area contributed by atoms with Crippen LogP contribution in [0.15, 0.2) is 0 Å². The molecule has 0 aromatic rings. The molecule has 0 aromatic heterocycles. The highest BCUT2D eigenvalue weighted by Gasteiger charge is 2.43. The smallest absolute Gasteiger partial charge is 0.238 e. The predicted octanol–water partition coefficient (Wildman–Crippen LogP) is 2.41. The summed E-state index contributed by atoms with van der Waals surface area (Å²) in [5.41, 5.74) is 5.28. The van der Waals surface area contributed by atoms with E-state index in [1.807, 2.05) is 0 Å². The summed E-state index contributed by atoms with van der Waals surface area (Å²) in [6.45, 7) is 10.1. The second kappa shape index (κ2) is 7.41. The van der Waals surface area contributed by atoms with Crippen LogP contribution in [0, 0.1) is 22.7 Å². The van der Waals surface area contributed by atoms with Crippen molar-refractivity contribution in [2.75, 3.05) is 13.1 Å². The van der Waals surface area contributed by atoms with Crippen LogP contribution in [0.1, 0.15) is 66.2 Å². The van der Waals surface area contributed by atoms with Gasteiger partial charge in [0.2, 0.25) is 5.91 Å². The molecule has 5 heteroatoms. The van der Waals surface area contributed by atoms with E-state index in [1.54, 1.807) is 0 Å². The average Bonchev–Trinajstić information content (AvgIpc) is 2.91. The summed E-state index contributed by atoms with van der Waals surface area (Å²) in [5, 5.41) is 12.7. The Hall–Kier alpha value is -1.12. The molecule has 1 amide bonds. The van der Waals surface area contributed by atoms with Crippen molar-refractivity contribution in [1.82, 2.24) is 10.2 Å². The predicted molar refractivity (Wildman–Crippen MR) is 96.1 cm³/mol. The molecule has 2 aliphatic rings. The SMILES string of the molecule is CC(C)(C)CC(N)C(=O)NC1(C#N)CCN([C@H]2CC[C@H](C)CC2)C1. The highest BCUT2D eigenvalue weighted by Crippen LogP contribution is 2.32. The maximum atomic E-state index is 12.5. The highest BCUT2D eigenvalue weighted by atomic mass is 16.2. The van der Waals surface area contributed by atoms with Crippen molar-refractivity contribution in [2.45, 2.75) is 83.8 Å². The first-order valence-corrected chi connectivity index (χ1v) is 9.37. The number of amides is 1. The van der Waals surface area contributed by atoms with Crippen molar-refractivity contribution in [3.05, 3.63) is 0 Å². The van der Waals surface area contributed by atoms with Gasteiger partial charge in [0.15, 0.2) is 0 Å². The number of rotatable bonds is 4. The Balaban J connectivity index is 1.93. The lowest BCUT2D eigenvalue weighted by Gasteiger charge is -2.34. The standard InChI is InChI=1S/C19H34N4O/c1-14-5-7-15(8-6-14)23-10-9-19(12-20,13-23)22-17(24)16(21)11-18(2,3)4/h14-16H,5-11,13,21H2,1-4H3,(H,22,24)/t14-,15-,16?,19?. The molecular formula is C19H34N4O. The van der Waals surface area contributed by atoms with E-state index in [2.05, 4.69) is 44.0 Å². The third-order valence-corrected chi connectivity index (χ3v) is 5.55. The molecule has 0 bridgehead atoms. The summed E-state index contributed by atoms with van der Waals surface area (Å²) in [6.07, 6.45) is 6.27. The zero-order chi connectivity index (χ0) is 18.0. The minimum atomic E-state index is -0.768. The van der Waals surface area contributed by atoms with Gasteiger partial charge in [-0.05, 0) is 49.9 Å². The Morgan fingerprint density at radius 3 is 2.54 bits per heavy atom. The van der Waals surface area contributed by atoms with Gasteiger partial charge in [0.1, 0.15) is 5.54 Å². The number of carbonyl (C=O) groups is 1. The molecule has 2 fully saturated rings. The fourth-order valence-electron chi connectivity index (χ4n) is 4.06. The molecule has 1 saturated carbocycles. The number of carbonyl (C=O) groups excluding carboxylic acids is 1. The summed E-state index contributed by atoms with van der Waals surface area (Å²) in [6, 6.07) is 2.39. The summed E-state index contributed by atoms with van der Waals surface area (Å²) < 4.78 is 0. The molecule has 3 N–H and O–H groups in total. The van der Waals surface area contributed by atoms with Crippen molar-refractivity contribution < 1.29 is 4.79 Å². The van der Waals surface area contributed by atoms with Gasteiger partial charge in [-0.2, -0.15) is 5.26 Å². The third kappa shape index (κ3) is 4.94. The van der Waals surface area contributed by atoms with Crippen LogP contribution in [-0.4, -0.2) is 41.5 Å². The number of hydrogen-bond donors (Lipinski definition) is 2. The van der Waals surface area contributed by atoms with E-state index in [0.29, 0.717) is 25.4 Å². The molecule has 0 aromatic carbocycles. The molecule has 2 rings (SSSR count). The number of nitrogens with two attached hydrogens (primary N) is 1. The number of hydrogen-bond acceptors (Lipinski definition) is 4. The zero-order valence-electron chi connectivity index (χ0n) is 15.8. The molecule has 2 atom stereocenters. The van der Waals surface area contributed by atoms with E-state index in [4.69, 9.17) is 5.73 Å². The maximum absolute atomic E-state index is 12.5. The van der Waals surface area contributed by atoms with E-state index >= 15 is 0 Å². The molecule has 0 radical (unpaired) electrons. The lowest BCUT2D eigenvalue weighted by molar-refractivity contribution is -0.124. The highest BCUT2D eigenvalue weighted by molar-refractivity contribution is 5.82. The van der Waals surface area contributed by atoms with E-state index in [-0.39, 0.29) is 11.3 Å². The summed E-state index contributed by atoms with van der Waals surface area (Å²) in [4.78, 5) is 14.9. The fourth-order valence-corrected chi connectivity index (χ4v) is 4.06. The van der Waals surface area contributed by atoms with Crippen LogP contribution in [0.25, 0.3) is 0 Å². The molecular weight excluding hydrogens is 300 g/mol. The van der Waals surface area contributed by atoms with Gasteiger partial charge in [0, 0.05) is 19.1 Å². The van der Waals surface area contributed by atoms with Gasteiger partial charge in [0.25, 0.3) is 0 Å². The van der Waals surface area contributed by atoms with Crippen LogP contribution >= 0.6 is 0 Å². The van der Waals surface area contributed by atoms with E-state index in [0.717, 1.165) is 12.5 Å². The Morgan fingerprint density at radius 1 is 1.38 bits per heavy atom. The minimum Gasteiger partial charge on any atom is -0.335 e. The van der Waals surface area contributed by atoms with E-state index in [1.165, 1.54) is 25.7 Å². The zero-order valence-corrected chi connectivity index (χ0v) is 15.8. The van der Waals surface area contributed by atoms with Crippen molar-refractivity contribution in [1.29, 1.82) is 5.26 Å². The van der Waals surface area contributed by atoms with Gasteiger partial charge in [-0.15, -0.1) is 0 Å². The Morgan fingerprint density at radius 2 is 2.00 bits per heavy atom. The molecule has 1 aliphatic heterocycles. The van der Waals surface area contributed by atoms with Crippen LogP contribution < -0.4 is 11.1 Å². The Bertz CT molecular complexity index is 485. The third-order valence-electron chi connectivity index (χ3n) is 5.55. The Kier molecular flexibility index (Phi) is 5.93. The number of nitriles is 1. The van der Waals surface area contributed by atoms with Crippen molar-refractivity contribution in [3.8, 4) is 6.07 Å². The number of nitrogens with zero attached hydrogens (tertiary/aromatic N) is 2. The van der Waals surface area contributed by atoms with E-state index < -0.39 is 11.6 Å². The topological polar surface area (TPSA) is 82.1 Å². The van der Waals surface area contributed by atoms with Crippen LogP contribution in [0.4, 0.5) is 0 Å². The normalized spacial score (nSPS) is 33.0. The van der Waals surface area contributed by atoms with Gasteiger partial charge in [-0.25, -0.2) is 0 Å². The minimum absolute atomic E-state index is 0.00291. The van der Waals surface area contributed by atoms with Crippen molar-refractivity contribution in [2.24, 2.45) is 17.1 Å². The molecule has 1 saturated heterocycles. The average molecular weight is 335 g/mol.